The van der Waals surface area contributed by atoms with Gasteiger partial charge in [0.1, 0.15) is 5.75 Å². The average molecular weight is 265 g/mol. The molecule has 2 N–H and O–H groups in total. The van der Waals surface area contributed by atoms with Crippen LogP contribution in [0.1, 0.15) is 44.8 Å². The monoisotopic (exact) mass is 265 g/mol. The van der Waals surface area contributed by atoms with Gasteiger partial charge < -0.3 is 15.2 Å². The highest BCUT2D eigenvalue weighted by Gasteiger charge is 2.11. The minimum atomic E-state index is 0.0571. The van der Waals surface area contributed by atoms with Gasteiger partial charge in [0.15, 0.2) is 0 Å². The number of benzene rings is 1. The maximum atomic E-state index is 5.88. The zero-order valence-corrected chi connectivity index (χ0v) is 12.4. The van der Waals surface area contributed by atoms with Crippen LogP contribution in [0.3, 0.4) is 0 Å². The molecule has 1 rings (SSSR count). The van der Waals surface area contributed by atoms with Crippen molar-refractivity contribution in [1.29, 1.82) is 0 Å². The number of nitrogens with two attached hydrogens (primary N) is 1. The molecule has 0 saturated carbocycles. The lowest BCUT2D eigenvalue weighted by molar-refractivity contribution is 0.0974. The Hall–Kier alpha value is -1.06. The van der Waals surface area contributed by atoms with E-state index in [9.17, 15) is 0 Å². The Labute approximate surface area is 117 Å². The Morgan fingerprint density at radius 3 is 2.53 bits per heavy atom. The van der Waals surface area contributed by atoms with Crippen LogP contribution in [0.4, 0.5) is 0 Å². The van der Waals surface area contributed by atoms with Crippen molar-refractivity contribution in [2.75, 3.05) is 20.3 Å². The third kappa shape index (κ3) is 5.21. The van der Waals surface area contributed by atoms with E-state index in [1.54, 1.807) is 7.11 Å². The first-order valence-corrected chi connectivity index (χ1v) is 7.20. The molecule has 1 aromatic rings. The number of ether oxygens (including phenoxy) is 2. The average Bonchev–Trinajstić information content (AvgIpc) is 2.46. The SMILES string of the molecule is CCC(CC)COc1cccc(C(CCN)OC)c1. The smallest absolute Gasteiger partial charge is 0.119 e. The first kappa shape index (κ1) is 16.0. The largest absolute Gasteiger partial charge is 0.493 e. The fourth-order valence-corrected chi connectivity index (χ4v) is 2.12. The molecule has 0 aliphatic rings. The summed E-state index contributed by atoms with van der Waals surface area (Å²) >= 11 is 0. The van der Waals surface area contributed by atoms with E-state index >= 15 is 0 Å². The number of rotatable bonds is 9. The second-order valence-corrected chi connectivity index (χ2v) is 4.87. The molecule has 0 heterocycles. The fourth-order valence-electron chi connectivity index (χ4n) is 2.12. The molecular weight excluding hydrogens is 238 g/mol. The summed E-state index contributed by atoms with van der Waals surface area (Å²) in [6.07, 6.45) is 3.20. The first-order chi connectivity index (χ1) is 9.24. The van der Waals surface area contributed by atoms with E-state index in [-0.39, 0.29) is 6.10 Å². The lowest BCUT2D eigenvalue weighted by Crippen LogP contribution is -2.11. The molecule has 0 aromatic heterocycles. The lowest BCUT2D eigenvalue weighted by atomic mass is 10.0. The number of hydrogen-bond donors (Lipinski definition) is 1. The molecule has 0 aliphatic heterocycles. The Morgan fingerprint density at radius 2 is 1.95 bits per heavy atom. The molecule has 19 heavy (non-hydrogen) atoms. The van der Waals surface area contributed by atoms with Gasteiger partial charge in [-0.15, -0.1) is 0 Å². The molecular formula is C16H27NO2. The van der Waals surface area contributed by atoms with Crippen molar-refractivity contribution in [2.24, 2.45) is 11.7 Å². The van der Waals surface area contributed by atoms with Crippen LogP contribution in [0.25, 0.3) is 0 Å². The molecule has 0 amide bonds. The second kappa shape index (κ2) is 8.94. The van der Waals surface area contributed by atoms with Gasteiger partial charge in [-0.3, -0.25) is 0 Å². The maximum absolute atomic E-state index is 5.88. The van der Waals surface area contributed by atoms with E-state index in [0.717, 1.165) is 37.2 Å². The summed E-state index contributed by atoms with van der Waals surface area (Å²) in [4.78, 5) is 0. The molecule has 0 saturated heterocycles. The summed E-state index contributed by atoms with van der Waals surface area (Å²) in [6.45, 7) is 5.81. The van der Waals surface area contributed by atoms with Crippen molar-refractivity contribution < 1.29 is 9.47 Å². The maximum Gasteiger partial charge on any atom is 0.119 e. The molecule has 0 aliphatic carbocycles. The highest BCUT2D eigenvalue weighted by Crippen LogP contribution is 2.24. The van der Waals surface area contributed by atoms with Gasteiger partial charge in [-0.1, -0.05) is 38.8 Å². The van der Waals surface area contributed by atoms with E-state index < -0.39 is 0 Å². The van der Waals surface area contributed by atoms with Crippen LogP contribution in [0.2, 0.25) is 0 Å². The van der Waals surface area contributed by atoms with Crippen LogP contribution in [-0.4, -0.2) is 20.3 Å². The standard InChI is InChI=1S/C16H27NO2/c1-4-13(5-2)12-19-15-8-6-7-14(11-15)16(18-3)9-10-17/h6-8,11,13,16H,4-5,9-10,12,17H2,1-3H3. The van der Waals surface area contributed by atoms with E-state index in [4.69, 9.17) is 15.2 Å². The zero-order chi connectivity index (χ0) is 14.1. The van der Waals surface area contributed by atoms with Crippen molar-refractivity contribution in [2.45, 2.75) is 39.2 Å². The minimum Gasteiger partial charge on any atom is -0.493 e. The number of hydrogen-bond acceptors (Lipinski definition) is 3. The molecule has 3 heteroatoms. The molecule has 0 fully saturated rings. The van der Waals surface area contributed by atoms with Gasteiger partial charge in [0.05, 0.1) is 12.7 Å². The van der Waals surface area contributed by atoms with Crippen molar-refractivity contribution in [1.82, 2.24) is 0 Å². The Bertz CT molecular complexity index is 350. The molecule has 108 valence electrons. The highest BCUT2D eigenvalue weighted by atomic mass is 16.5. The summed E-state index contributed by atoms with van der Waals surface area (Å²) in [6, 6.07) is 8.14. The molecule has 0 bridgehead atoms. The predicted molar refractivity (Wildman–Crippen MR) is 79.4 cm³/mol. The predicted octanol–water partition coefficient (Wildman–Crippen LogP) is 3.54. The summed E-state index contributed by atoms with van der Waals surface area (Å²) in [5.74, 6) is 1.55. The van der Waals surface area contributed by atoms with Crippen molar-refractivity contribution >= 4 is 0 Å². The van der Waals surface area contributed by atoms with Gasteiger partial charge in [-0.05, 0) is 36.6 Å². The summed E-state index contributed by atoms with van der Waals surface area (Å²) in [5, 5.41) is 0. The van der Waals surface area contributed by atoms with E-state index in [1.807, 2.05) is 12.1 Å². The van der Waals surface area contributed by atoms with E-state index in [1.165, 1.54) is 0 Å². The molecule has 3 nitrogen and oxygen atoms in total. The Morgan fingerprint density at radius 1 is 1.21 bits per heavy atom. The Kier molecular flexibility index (Phi) is 7.53. The first-order valence-electron chi connectivity index (χ1n) is 7.20. The summed E-state index contributed by atoms with van der Waals surface area (Å²) in [7, 11) is 1.72. The second-order valence-electron chi connectivity index (χ2n) is 4.87. The van der Waals surface area contributed by atoms with Crippen molar-refractivity contribution in [3.63, 3.8) is 0 Å². The molecule has 1 aromatic carbocycles. The normalized spacial score (nSPS) is 12.7. The van der Waals surface area contributed by atoms with Gasteiger partial charge in [-0.2, -0.15) is 0 Å². The number of methoxy groups -OCH3 is 1. The van der Waals surface area contributed by atoms with Gasteiger partial charge in [0.2, 0.25) is 0 Å². The van der Waals surface area contributed by atoms with E-state index in [0.29, 0.717) is 12.5 Å². The van der Waals surface area contributed by atoms with Crippen LogP contribution in [0, 0.1) is 5.92 Å². The van der Waals surface area contributed by atoms with Crippen LogP contribution in [-0.2, 0) is 4.74 Å². The van der Waals surface area contributed by atoms with Crippen LogP contribution < -0.4 is 10.5 Å². The molecule has 1 unspecified atom stereocenters. The minimum absolute atomic E-state index is 0.0571. The van der Waals surface area contributed by atoms with Crippen molar-refractivity contribution in [3.8, 4) is 5.75 Å². The molecule has 1 atom stereocenters. The van der Waals surface area contributed by atoms with Crippen LogP contribution in [0.15, 0.2) is 24.3 Å². The van der Waals surface area contributed by atoms with Gasteiger partial charge in [-0.25, -0.2) is 0 Å². The van der Waals surface area contributed by atoms with Gasteiger partial charge >= 0.3 is 0 Å². The topological polar surface area (TPSA) is 44.5 Å². The molecule has 0 radical (unpaired) electrons. The summed E-state index contributed by atoms with van der Waals surface area (Å²) in [5.41, 5.74) is 6.74. The third-order valence-corrected chi connectivity index (χ3v) is 3.58. The lowest BCUT2D eigenvalue weighted by Gasteiger charge is -2.17. The third-order valence-electron chi connectivity index (χ3n) is 3.58. The van der Waals surface area contributed by atoms with Gasteiger partial charge in [0.25, 0.3) is 0 Å². The molecule has 0 spiro atoms. The Balaban J connectivity index is 2.65. The fraction of sp³-hybridized carbons (Fsp3) is 0.625. The van der Waals surface area contributed by atoms with Crippen LogP contribution in [0.5, 0.6) is 5.75 Å². The highest BCUT2D eigenvalue weighted by molar-refractivity contribution is 5.30. The quantitative estimate of drug-likeness (QED) is 0.742. The summed E-state index contributed by atoms with van der Waals surface area (Å²) < 4.78 is 11.3. The van der Waals surface area contributed by atoms with E-state index in [2.05, 4.69) is 26.0 Å². The zero-order valence-electron chi connectivity index (χ0n) is 12.4. The van der Waals surface area contributed by atoms with Gasteiger partial charge in [0, 0.05) is 7.11 Å². The van der Waals surface area contributed by atoms with Crippen LogP contribution >= 0.6 is 0 Å². The van der Waals surface area contributed by atoms with Crippen molar-refractivity contribution in [3.05, 3.63) is 29.8 Å².